The molecule has 1 aliphatic rings. The molecule has 42 heavy (non-hydrogen) atoms. The Labute approximate surface area is 247 Å². The Morgan fingerprint density at radius 2 is 1.50 bits per heavy atom. The number of rotatable bonds is 12. The number of nitrogens with zero attached hydrogens (tertiary/aromatic N) is 1. The van der Waals surface area contributed by atoms with E-state index >= 15 is 0 Å². The maximum absolute atomic E-state index is 13.3. The second-order valence-corrected chi connectivity index (χ2v) is 12.8. The number of anilines is 2. The maximum Gasteiger partial charge on any atom is 0.244 e. The number of sulfonamides is 1. The number of benzene rings is 3. The van der Waals surface area contributed by atoms with E-state index in [2.05, 4.69) is 20.3 Å². The van der Waals surface area contributed by atoms with Gasteiger partial charge >= 0.3 is 0 Å². The molecule has 0 aromatic heterocycles. The van der Waals surface area contributed by atoms with E-state index in [1.54, 1.807) is 24.3 Å². The van der Waals surface area contributed by atoms with Crippen LogP contribution in [-0.2, 0) is 21.4 Å². The predicted molar refractivity (Wildman–Crippen MR) is 163 cm³/mol. The van der Waals surface area contributed by atoms with Crippen LogP contribution in [0.1, 0.15) is 32.3 Å². The third-order valence-electron chi connectivity index (χ3n) is 7.14. The molecule has 0 radical (unpaired) electrons. The number of hydrogen-bond donors (Lipinski definition) is 4. The second-order valence-electron chi connectivity index (χ2n) is 11.1. The number of nitrogens with one attached hydrogen (secondary N) is 3. The molecule has 0 aliphatic carbocycles. The minimum atomic E-state index is -3.33. The summed E-state index contributed by atoms with van der Waals surface area (Å²) in [7, 11) is -3.33. The molecule has 1 aliphatic heterocycles. The summed E-state index contributed by atoms with van der Waals surface area (Å²) in [6.07, 6.45) is 1.89. The number of ether oxygens (including phenoxy) is 1. The molecule has 11 heteroatoms. The standard InChI is InChI=1S/C31H39FN4O5S/c1-21(2)30(37)29(31(38)34-24-8-6-23(32)7-9-24)33-25-16-18-36(19-17-25)20-22-4-12-27(13-5-22)41-28-14-10-26(11-15-28)35-42(3,39)40/h4-15,21,25,29-30,33,35,37H,16-20H2,1-3H3,(H,34,38). The fraction of sp³-hybridized carbons (Fsp3) is 0.387. The molecule has 9 nitrogen and oxygen atoms in total. The van der Waals surface area contributed by atoms with Crippen molar-refractivity contribution in [2.75, 3.05) is 29.4 Å². The zero-order valence-corrected chi connectivity index (χ0v) is 24.9. The molecule has 4 rings (SSSR count). The van der Waals surface area contributed by atoms with E-state index in [-0.39, 0.29) is 23.7 Å². The fourth-order valence-electron chi connectivity index (χ4n) is 4.84. The third kappa shape index (κ3) is 9.52. The molecule has 2 unspecified atom stereocenters. The number of hydrogen-bond acceptors (Lipinski definition) is 7. The van der Waals surface area contributed by atoms with Gasteiger partial charge in [-0.25, -0.2) is 12.8 Å². The zero-order chi connectivity index (χ0) is 30.3. The highest BCUT2D eigenvalue weighted by molar-refractivity contribution is 7.92. The Balaban J connectivity index is 1.26. The highest BCUT2D eigenvalue weighted by atomic mass is 32.2. The first-order valence-electron chi connectivity index (χ1n) is 14.0. The van der Waals surface area contributed by atoms with Crippen LogP contribution in [0.2, 0.25) is 0 Å². The molecule has 226 valence electrons. The monoisotopic (exact) mass is 598 g/mol. The van der Waals surface area contributed by atoms with Crippen LogP contribution >= 0.6 is 0 Å². The van der Waals surface area contributed by atoms with Gasteiger partial charge in [0.2, 0.25) is 15.9 Å². The van der Waals surface area contributed by atoms with E-state index in [1.165, 1.54) is 24.3 Å². The highest BCUT2D eigenvalue weighted by Crippen LogP contribution is 2.25. The molecule has 0 spiro atoms. The maximum atomic E-state index is 13.3. The number of aliphatic hydroxyl groups is 1. The predicted octanol–water partition coefficient (Wildman–Crippen LogP) is 4.57. The molecule has 4 N–H and O–H groups in total. The van der Waals surface area contributed by atoms with Gasteiger partial charge in [0.1, 0.15) is 23.4 Å². The highest BCUT2D eigenvalue weighted by Gasteiger charge is 2.32. The lowest BCUT2D eigenvalue weighted by Crippen LogP contribution is -2.56. The zero-order valence-electron chi connectivity index (χ0n) is 24.1. The minimum absolute atomic E-state index is 0.0772. The topological polar surface area (TPSA) is 120 Å². The van der Waals surface area contributed by atoms with E-state index in [4.69, 9.17) is 4.74 Å². The average Bonchev–Trinajstić information content (AvgIpc) is 2.94. The Morgan fingerprint density at radius 1 is 0.952 bits per heavy atom. The lowest BCUT2D eigenvalue weighted by molar-refractivity contribution is -0.122. The average molecular weight is 599 g/mol. The molecular formula is C31H39FN4O5S. The number of amides is 1. The first kappa shape index (κ1) is 31.4. The van der Waals surface area contributed by atoms with Gasteiger partial charge in [0.05, 0.1) is 12.4 Å². The number of likely N-dealkylation sites (tertiary alicyclic amines) is 1. The van der Waals surface area contributed by atoms with Crippen LogP contribution in [0.3, 0.4) is 0 Å². The Morgan fingerprint density at radius 3 is 2.05 bits per heavy atom. The van der Waals surface area contributed by atoms with Crippen molar-refractivity contribution in [1.82, 2.24) is 10.2 Å². The fourth-order valence-corrected chi connectivity index (χ4v) is 5.41. The number of piperidine rings is 1. The van der Waals surface area contributed by atoms with Crippen molar-refractivity contribution in [2.45, 2.75) is 51.4 Å². The molecule has 1 heterocycles. The van der Waals surface area contributed by atoms with Gasteiger partial charge in [-0.15, -0.1) is 0 Å². The van der Waals surface area contributed by atoms with Crippen LogP contribution in [0.15, 0.2) is 72.8 Å². The molecule has 0 bridgehead atoms. The van der Waals surface area contributed by atoms with Gasteiger partial charge in [-0.2, -0.15) is 0 Å². The van der Waals surface area contributed by atoms with Gasteiger partial charge in [-0.3, -0.25) is 14.4 Å². The third-order valence-corrected chi connectivity index (χ3v) is 7.75. The van der Waals surface area contributed by atoms with Crippen molar-refractivity contribution < 1.29 is 27.4 Å². The van der Waals surface area contributed by atoms with E-state index in [0.717, 1.165) is 44.3 Å². The van der Waals surface area contributed by atoms with Crippen molar-refractivity contribution in [2.24, 2.45) is 5.92 Å². The molecule has 0 saturated carbocycles. The van der Waals surface area contributed by atoms with Gasteiger partial charge < -0.3 is 20.5 Å². The van der Waals surface area contributed by atoms with Gasteiger partial charge in [0.25, 0.3) is 0 Å². The number of carbonyl (C=O) groups is 1. The summed E-state index contributed by atoms with van der Waals surface area (Å²) in [4.78, 5) is 15.4. The molecule has 1 amide bonds. The number of aliphatic hydroxyl groups excluding tert-OH is 1. The molecule has 1 fully saturated rings. The van der Waals surface area contributed by atoms with Crippen molar-refractivity contribution in [1.29, 1.82) is 0 Å². The molecule has 3 aromatic rings. The molecule has 3 aromatic carbocycles. The smallest absolute Gasteiger partial charge is 0.244 e. The first-order chi connectivity index (χ1) is 19.9. The summed E-state index contributed by atoms with van der Waals surface area (Å²) in [5, 5.41) is 17.0. The minimum Gasteiger partial charge on any atom is -0.457 e. The Kier molecular flexibility index (Phi) is 10.6. The molecule has 1 saturated heterocycles. The van der Waals surface area contributed by atoms with E-state index in [1.807, 2.05) is 38.1 Å². The van der Waals surface area contributed by atoms with Crippen LogP contribution in [-0.4, -0.2) is 61.9 Å². The normalized spacial score (nSPS) is 16.1. The van der Waals surface area contributed by atoms with Crippen molar-refractivity contribution in [3.63, 3.8) is 0 Å². The van der Waals surface area contributed by atoms with Crippen LogP contribution in [0, 0.1) is 11.7 Å². The van der Waals surface area contributed by atoms with Crippen molar-refractivity contribution in [3.05, 3.63) is 84.2 Å². The summed E-state index contributed by atoms with van der Waals surface area (Å²) in [6, 6.07) is 19.4. The van der Waals surface area contributed by atoms with E-state index in [9.17, 15) is 22.7 Å². The lowest BCUT2D eigenvalue weighted by atomic mass is 9.96. The lowest BCUT2D eigenvalue weighted by Gasteiger charge is -2.36. The van der Waals surface area contributed by atoms with Gasteiger partial charge in [-0.05, 0) is 98.1 Å². The quantitative estimate of drug-likeness (QED) is 0.241. The van der Waals surface area contributed by atoms with Crippen molar-refractivity contribution >= 4 is 27.3 Å². The second kappa shape index (κ2) is 14.1. The van der Waals surface area contributed by atoms with Crippen molar-refractivity contribution in [3.8, 4) is 11.5 Å². The Bertz CT molecular complexity index is 1410. The van der Waals surface area contributed by atoms with Gasteiger partial charge in [0.15, 0.2) is 0 Å². The van der Waals surface area contributed by atoms with E-state index < -0.39 is 22.2 Å². The van der Waals surface area contributed by atoms with Gasteiger partial charge in [-0.1, -0.05) is 26.0 Å². The summed E-state index contributed by atoms with van der Waals surface area (Å²) >= 11 is 0. The van der Waals surface area contributed by atoms with Gasteiger partial charge in [0, 0.05) is 24.0 Å². The SMILES string of the molecule is CC(C)C(O)C(NC1CCN(Cc2ccc(Oc3ccc(NS(C)(=O)=O)cc3)cc2)CC1)C(=O)Nc1ccc(F)cc1. The molecular weight excluding hydrogens is 559 g/mol. The summed E-state index contributed by atoms with van der Waals surface area (Å²) in [5.41, 5.74) is 2.10. The Hall–Kier alpha value is -3.51. The first-order valence-corrected chi connectivity index (χ1v) is 15.9. The molecule has 2 atom stereocenters. The summed E-state index contributed by atoms with van der Waals surface area (Å²) in [5.74, 6) is 0.441. The number of halogens is 1. The van der Waals surface area contributed by atoms with E-state index in [0.29, 0.717) is 22.9 Å². The van der Waals surface area contributed by atoms with Crippen LogP contribution in [0.4, 0.5) is 15.8 Å². The van der Waals surface area contributed by atoms with Crippen LogP contribution in [0.5, 0.6) is 11.5 Å². The van der Waals surface area contributed by atoms with Crippen LogP contribution in [0.25, 0.3) is 0 Å². The largest absolute Gasteiger partial charge is 0.457 e. The van der Waals surface area contributed by atoms with Crippen LogP contribution < -0.4 is 20.1 Å². The number of carbonyl (C=O) groups excluding carboxylic acids is 1. The summed E-state index contributed by atoms with van der Waals surface area (Å²) < 4.78 is 44.3. The summed E-state index contributed by atoms with van der Waals surface area (Å²) in [6.45, 7) is 6.21.